The molecule has 0 amide bonds. The molecule has 0 atom stereocenters. The van der Waals surface area contributed by atoms with Gasteiger partial charge in [-0.05, 0) is 36.4 Å². The van der Waals surface area contributed by atoms with E-state index in [0.29, 0.717) is 26.4 Å². The first kappa shape index (κ1) is 12.9. The minimum Gasteiger partial charge on any atom is -0.353 e. The molecule has 0 fully saturated rings. The molecule has 0 aliphatic carbocycles. The molecule has 0 unspecified atom stereocenters. The maximum atomic E-state index is 13.6. The second-order valence-corrected chi connectivity index (χ2v) is 4.88. The van der Waals surface area contributed by atoms with E-state index in [1.165, 1.54) is 6.07 Å². The first-order chi connectivity index (χ1) is 8.60. The highest BCUT2D eigenvalue weighted by molar-refractivity contribution is 9.10. The molecule has 0 heterocycles. The number of hydrogen-bond acceptors (Lipinski definition) is 2. The maximum Gasteiger partial charge on any atom is 0.147 e. The zero-order valence-electron chi connectivity index (χ0n) is 9.05. The molecule has 0 aliphatic heterocycles. The molecule has 0 bridgehead atoms. The summed E-state index contributed by atoms with van der Waals surface area (Å²) in [5, 5.41) is 12.0. The van der Waals surface area contributed by atoms with Gasteiger partial charge in [0.15, 0.2) is 0 Å². The van der Waals surface area contributed by atoms with E-state index >= 15 is 0 Å². The number of rotatable bonds is 2. The van der Waals surface area contributed by atoms with Crippen molar-refractivity contribution in [2.24, 2.45) is 0 Å². The van der Waals surface area contributed by atoms with E-state index in [-0.39, 0.29) is 5.82 Å². The van der Waals surface area contributed by atoms with E-state index in [2.05, 4.69) is 21.2 Å². The van der Waals surface area contributed by atoms with Crippen molar-refractivity contribution in [3.63, 3.8) is 0 Å². The number of benzene rings is 2. The van der Waals surface area contributed by atoms with Gasteiger partial charge in [0.2, 0.25) is 0 Å². The molecular formula is C13H7BrClFN2. The van der Waals surface area contributed by atoms with Crippen molar-refractivity contribution in [2.45, 2.75) is 0 Å². The van der Waals surface area contributed by atoms with Gasteiger partial charge >= 0.3 is 0 Å². The molecule has 2 aromatic carbocycles. The standard InChI is InChI=1S/C13H7BrClFN2/c14-9-2-4-13(12(16)5-9)18-10-3-1-8(7-17)11(15)6-10/h1-6,18H. The Morgan fingerprint density at radius 2 is 2.00 bits per heavy atom. The zero-order chi connectivity index (χ0) is 13.1. The zero-order valence-corrected chi connectivity index (χ0v) is 11.4. The molecule has 18 heavy (non-hydrogen) atoms. The Balaban J connectivity index is 2.29. The average molecular weight is 326 g/mol. The van der Waals surface area contributed by atoms with Crippen LogP contribution in [0.3, 0.4) is 0 Å². The van der Waals surface area contributed by atoms with E-state index in [1.807, 2.05) is 6.07 Å². The number of anilines is 2. The van der Waals surface area contributed by atoms with Gasteiger partial charge in [-0.3, -0.25) is 0 Å². The third kappa shape index (κ3) is 2.81. The molecule has 2 aromatic rings. The van der Waals surface area contributed by atoms with Crippen LogP contribution in [-0.4, -0.2) is 0 Å². The van der Waals surface area contributed by atoms with Gasteiger partial charge in [0.05, 0.1) is 16.3 Å². The second kappa shape index (κ2) is 5.38. The fourth-order valence-corrected chi connectivity index (χ4v) is 1.99. The molecule has 5 heteroatoms. The highest BCUT2D eigenvalue weighted by Gasteiger charge is 2.05. The highest BCUT2D eigenvalue weighted by atomic mass is 79.9. The van der Waals surface area contributed by atoms with Crippen LogP contribution in [0.5, 0.6) is 0 Å². The summed E-state index contributed by atoms with van der Waals surface area (Å²) < 4.78 is 14.3. The van der Waals surface area contributed by atoms with Crippen LogP contribution in [-0.2, 0) is 0 Å². The Morgan fingerprint density at radius 1 is 1.22 bits per heavy atom. The molecule has 0 saturated heterocycles. The molecule has 2 nitrogen and oxygen atoms in total. The van der Waals surface area contributed by atoms with Gasteiger partial charge in [0, 0.05) is 10.2 Å². The summed E-state index contributed by atoms with van der Waals surface area (Å²) >= 11 is 9.08. The fraction of sp³-hybridized carbons (Fsp3) is 0. The molecule has 2 rings (SSSR count). The lowest BCUT2D eigenvalue weighted by Gasteiger charge is -2.08. The van der Waals surface area contributed by atoms with Crippen molar-refractivity contribution in [1.29, 1.82) is 5.26 Å². The summed E-state index contributed by atoms with van der Waals surface area (Å²) in [4.78, 5) is 0. The average Bonchev–Trinajstić information content (AvgIpc) is 2.33. The van der Waals surface area contributed by atoms with Crippen LogP contribution < -0.4 is 5.32 Å². The fourth-order valence-electron chi connectivity index (χ4n) is 1.43. The van der Waals surface area contributed by atoms with Crippen LogP contribution in [0.4, 0.5) is 15.8 Å². The van der Waals surface area contributed by atoms with Gasteiger partial charge in [-0.2, -0.15) is 5.26 Å². The normalized spacial score (nSPS) is 9.89. The number of nitriles is 1. The molecule has 0 aromatic heterocycles. The number of hydrogen-bond donors (Lipinski definition) is 1. The molecular weight excluding hydrogens is 319 g/mol. The van der Waals surface area contributed by atoms with Crippen molar-refractivity contribution < 1.29 is 4.39 Å². The molecule has 0 aliphatic rings. The smallest absolute Gasteiger partial charge is 0.147 e. The summed E-state index contributed by atoms with van der Waals surface area (Å²) in [6.45, 7) is 0. The lowest BCUT2D eigenvalue weighted by Crippen LogP contribution is -1.94. The second-order valence-electron chi connectivity index (χ2n) is 3.56. The molecule has 1 N–H and O–H groups in total. The van der Waals surface area contributed by atoms with Crippen LogP contribution >= 0.6 is 27.5 Å². The Hall–Kier alpha value is -1.57. The predicted molar refractivity (Wildman–Crippen MR) is 73.5 cm³/mol. The van der Waals surface area contributed by atoms with E-state index < -0.39 is 0 Å². The number of nitrogens with one attached hydrogen (secondary N) is 1. The van der Waals surface area contributed by atoms with E-state index in [9.17, 15) is 4.39 Å². The quantitative estimate of drug-likeness (QED) is 0.856. The van der Waals surface area contributed by atoms with Gasteiger partial charge in [-0.1, -0.05) is 27.5 Å². The third-order valence-electron chi connectivity index (χ3n) is 2.30. The van der Waals surface area contributed by atoms with Crippen LogP contribution in [0.1, 0.15) is 5.56 Å². The van der Waals surface area contributed by atoms with Crippen molar-refractivity contribution >= 4 is 38.9 Å². The topological polar surface area (TPSA) is 35.8 Å². The maximum absolute atomic E-state index is 13.6. The number of nitrogens with zero attached hydrogens (tertiary/aromatic N) is 1. The van der Waals surface area contributed by atoms with Crippen LogP contribution in [0, 0.1) is 17.1 Å². The van der Waals surface area contributed by atoms with Gasteiger partial charge < -0.3 is 5.32 Å². The van der Waals surface area contributed by atoms with Gasteiger partial charge in [-0.15, -0.1) is 0 Å². The van der Waals surface area contributed by atoms with Gasteiger partial charge in [0.25, 0.3) is 0 Å². The van der Waals surface area contributed by atoms with Crippen LogP contribution in [0.25, 0.3) is 0 Å². The summed E-state index contributed by atoms with van der Waals surface area (Å²) in [5.41, 5.74) is 1.36. The minimum atomic E-state index is -0.371. The minimum absolute atomic E-state index is 0.333. The van der Waals surface area contributed by atoms with Gasteiger partial charge in [0.1, 0.15) is 11.9 Å². The Bertz CT molecular complexity index is 637. The Kier molecular flexibility index (Phi) is 3.85. The van der Waals surface area contributed by atoms with Crippen molar-refractivity contribution in [3.05, 3.63) is 57.3 Å². The first-order valence-electron chi connectivity index (χ1n) is 5.02. The van der Waals surface area contributed by atoms with Crippen molar-refractivity contribution in [3.8, 4) is 6.07 Å². The SMILES string of the molecule is N#Cc1ccc(Nc2ccc(Br)cc2F)cc1Cl. The highest BCUT2D eigenvalue weighted by Crippen LogP contribution is 2.26. The lowest BCUT2D eigenvalue weighted by atomic mass is 10.2. The summed E-state index contributed by atoms with van der Waals surface area (Å²) in [6.07, 6.45) is 0. The summed E-state index contributed by atoms with van der Waals surface area (Å²) in [5.74, 6) is -0.371. The van der Waals surface area contributed by atoms with E-state index in [1.54, 1.807) is 30.3 Å². The summed E-state index contributed by atoms with van der Waals surface area (Å²) in [6, 6.07) is 11.5. The van der Waals surface area contributed by atoms with E-state index in [0.717, 1.165) is 0 Å². The van der Waals surface area contributed by atoms with Crippen LogP contribution in [0.2, 0.25) is 5.02 Å². The predicted octanol–water partition coefficient (Wildman–Crippen LogP) is 4.86. The monoisotopic (exact) mass is 324 g/mol. The Morgan fingerprint density at radius 3 is 2.61 bits per heavy atom. The van der Waals surface area contributed by atoms with Crippen LogP contribution in [0.15, 0.2) is 40.9 Å². The Labute approximate surface area is 117 Å². The first-order valence-corrected chi connectivity index (χ1v) is 6.19. The molecule has 0 spiro atoms. The lowest BCUT2D eigenvalue weighted by molar-refractivity contribution is 0.631. The number of halogens is 3. The van der Waals surface area contributed by atoms with Crippen molar-refractivity contribution in [2.75, 3.05) is 5.32 Å². The van der Waals surface area contributed by atoms with Crippen molar-refractivity contribution in [1.82, 2.24) is 0 Å². The molecule has 90 valence electrons. The largest absolute Gasteiger partial charge is 0.353 e. The van der Waals surface area contributed by atoms with Gasteiger partial charge in [-0.25, -0.2) is 4.39 Å². The van der Waals surface area contributed by atoms with E-state index in [4.69, 9.17) is 16.9 Å². The molecule has 0 radical (unpaired) electrons. The third-order valence-corrected chi connectivity index (χ3v) is 3.11. The molecule has 0 saturated carbocycles. The summed E-state index contributed by atoms with van der Waals surface area (Å²) in [7, 11) is 0.